The SMILES string of the molecule is O=S(=O)(N1CCOCC1)N1CCN(c2ccc3ncnc(OC4CCOC4)c3c2)CC1. The lowest BCUT2D eigenvalue weighted by Gasteiger charge is -2.38. The van der Waals surface area contributed by atoms with Gasteiger partial charge in [0.05, 0.1) is 37.3 Å². The van der Waals surface area contributed by atoms with Crippen LogP contribution in [0, 0.1) is 0 Å². The fraction of sp³-hybridized carbons (Fsp3) is 0.600. The Bertz CT molecular complexity index is 1020. The molecule has 1 atom stereocenters. The van der Waals surface area contributed by atoms with Crippen LogP contribution in [0.5, 0.6) is 5.88 Å². The lowest BCUT2D eigenvalue weighted by atomic mass is 10.2. The van der Waals surface area contributed by atoms with Gasteiger partial charge in [-0.2, -0.15) is 17.0 Å². The van der Waals surface area contributed by atoms with Gasteiger partial charge in [-0.1, -0.05) is 0 Å². The van der Waals surface area contributed by atoms with E-state index < -0.39 is 10.2 Å². The van der Waals surface area contributed by atoms with Crippen molar-refractivity contribution >= 4 is 26.8 Å². The van der Waals surface area contributed by atoms with Gasteiger partial charge in [0.2, 0.25) is 5.88 Å². The van der Waals surface area contributed by atoms with Crippen LogP contribution in [0.2, 0.25) is 0 Å². The largest absolute Gasteiger partial charge is 0.471 e. The summed E-state index contributed by atoms with van der Waals surface area (Å²) < 4.78 is 45.7. The van der Waals surface area contributed by atoms with E-state index in [1.807, 2.05) is 18.2 Å². The molecule has 1 aromatic carbocycles. The molecule has 0 bridgehead atoms. The number of morpholine rings is 1. The number of hydrogen-bond acceptors (Lipinski definition) is 8. The number of piperazine rings is 1. The number of benzene rings is 1. The molecule has 168 valence electrons. The number of hydrogen-bond donors (Lipinski definition) is 0. The molecule has 2 aromatic rings. The molecule has 3 aliphatic heterocycles. The van der Waals surface area contributed by atoms with Gasteiger partial charge in [0.25, 0.3) is 10.2 Å². The Hall–Kier alpha value is -2.05. The Morgan fingerprint density at radius 3 is 2.45 bits per heavy atom. The first-order chi connectivity index (χ1) is 15.1. The maximum Gasteiger partial charge on any atom is 0.282 e. The molecule has 0 aliphatic carbocycles. The second kappa shape index (κ2) is 8.83. The third kappa shape index (κ3) is 4.33. The van der Waals surface area contributed by atoms with Gasteiger partial charge in [0, 0.05) is 51.4 Å². The zero-order valence-corrected chi connectivity index (χ0v) is 18.2. The first-order valence-corrected chi connectivity index (χ1v) is 12.1. The molecule has 0 spiro atoms. The Morgan fingerprint density at radius 2 is 1.71 bits per heavy atom. The summed E-state index contributed by atoms with van der Waals surface area (Å²) >= 11 is 0. The molecule has 0 N–H and O–H groups in total. The topological polar surface area (TPSA) is 97.3 Å². The maximum atomic E-state index is 12.9. The number of nitrogens with zero attached hydrogens (tertiary/aromatic N) is 5. The lowest BCUT2D eigenvalue weighted by Crippen LogP contribution is -2.55. The second-order valence-electron chi connectivity index (χ2n) is 7.89. The van der Waals surface area contributed by atoms with Gasteiger partial charge in [0.15, 0.2) is 0 Å². The Kier molecular flexibility index (Phi) is 5.93. The Balaban J connectivity index is 1.30. The smallest absolute Gasteiger partial charge is 0.282 e. The molecule has 10 nitrogen and oxygen atoms in total. The third-order valence-electron chi connectivity index (χ3n) is 5.97. The summed E-state index contributed by atoms with van der Waals surface area (Å²) in [4.78, 5) is 10.9. The van der Waals surface area contributed by atoms with E-state index in [2.05, 4.69) is 14.9 Å². The van der Waals surface area contributed by atoms with Gasteiger partial charge >= 0.3 is 0 Å². The monoisotopic (exact) mass is 449 g/mol. The van der Waals surface area contributed by atoms with Crippen LogP contribution in [0.3, 0.4) is 0 Å². The molecule has 3 fully saturated rings. The van der Waals surface area contributed by atoms with Crippen molar-refractivity contribution in [2.75, 3.05) is 70.6 Å². The second-order valence-corrected chi connectivity index (χ2v) is 9.82. The predicted molar refractivity (Wildman–Crippen MR) is 114 cm³/mol. The van der Waals surface area contributed by atoms with Crippen molar-refractivity contribution in [3.05, 3.63) is 24.5 Å². The molecule has 0 amide bonds. The average molecular weight is 450 g/mol. The number of rotatable bonds is 5. The standard InChI is InChI=1S/C20H27N5O5S/c26-31(27,25-8-11-28-12-9-25)24-6-4-23(5-7-24)16-1-2-19-18(13-16)20(22-15-21-19)30-17-3-10-29-14-17/h1-2,13,15,17H,3-12,14H2. The molecular formula is C20H27N5O5S. The van der Waals surface area contributed by atoms with E-state index in [1.165, 1.54) is 10.6 Å². The summed E-state index contributed by atoms with van der Waals surface area (Å²) in [6, 6.07) is 6.01. The minimum Gasteiger partial charge on any atom is -0.471 e. The van der Waals surface area contributed by atoms with Gasteiger partial charge in [-0.3, -0.25) is 0 Å². The average Bonchev–Trinajstić information content (AvgIpc) is 3.33. The fourth-order valence-electron chi connectivity index (χ4n) is 4.19. The number of aromatic nitrogens is 2. The van der Waals surface area contributed by atoms with Crippen LogP contribution in [0.4, 0.5) is 5.69 Å². The van der Waals surface area contributed by atoms with Crippen LogP contribution in [0.1, 0.15) is 6.42 Å². The highest BCUT2D eigenvalue weighted by Gasteiger charge is 2.33. The van der Waals surface area contributed by atoms with Gasteiger partial charge in [0.1, 0.15) is 12.4 Å². The Labute approximate surface area is 181 Å². The summed E-state index contributed by atoms with van der Waals surface area (Å²) in [5.41, 5.74) is 1.83. The van der Waals surface area contributed by atoms with Gasteiger partial charge < -0.3 is 19.1 Å². The molecule has 3 aliphatic rings. The van der Waals surface area contributed by atoms with Crippen molar-refractivity contribution in [1.29, 1.82) is 0 Å². The van der Waals surface area contributed by atoms with Crippen molar-refractivity contribution in [3.8, 4) is 5.88 Å². The number of ether oxygens (including phenoxy) is 3. The van der Waals surface area contributed by atoms with E-state index in [0.717, 1.165) is 23.0 Å². The normalized spacial score (nSPS) is 24.0. The summed E-state index contributed by atoms with van der Waals surface area (Å²) in [5.74, 6) is 0.566. The van der Waals surface area contributed by atoms with Crippen molar-refractivity contribution in [3.63, 3.8) is 0 Å². The molecule has 0 radical (unpaired) electrons. The third-order valence-corrected chi connectivity index (χ3v) is 8.01. The van der Waals surface area contributed by atoms with E-state index in [9.17, 15) is 8.42 Å². The van der Waals surface area contributed by atoms with Crippen molar-refractivity contribution < 1.29 is 22.6 Å². The van der Waals surface area contributed by atoms with Crippen LogP contribution in [0.15, 0.2) is 24.5 Å². The number of fused-ring (bicyclic) bond motifs is 1. The molecule has 31 heavy (non-hydrogen) atoms. The summed E-state index contributed by atoms with van der Waals surface area (Å²) in [7, 11) is -3.44. The van der Waals surface area contributed by atoms with E-state index in [0.29, 0.717) is 71.6 Å². The summed E-state index contributed by atoms with van der Waals surface area (Å²) in [6.45, 7) is 5.17. The predicted octanol–water partition coefficient (Wildman–Crippen LogP) is 0.497. The highest BCUT2D eigenvalue weighted by atomic mass is 32.2. The van der Waals surface area contributed by atoms with Crippen LogP contribution in [-0.2, 0) is 19.7 Å². The minimum absolute atomic E-state index is 0.00990. The van der Waals surface area contributed by atoms with Crippen molar-refractivity contribution in [2.45, 2.75) is 12.5 Å². The first-order valence-electron chi connectivity index (χ1n) is 10.7. The Morgan fingerprint density at radius 1 is 0.935 bits per heavy atom. The minimum atomic E-state index is -3.44. The summed E-state index contributed by atoms with van der Waals surface area (Å²) in [5, 5.41) is 0.857. The molecule has 11 heteroatoms. The van der Waals surface area contributed by atoms with E-state index >= 15 is 0 Å². The van der Waals surface area contributed by atoms with Crippen LogP contribution in [-0.4, -0.2) is 98.8 Å². The van der Waals surface area contributed by atoms with E-state index in [4.69, 9.17) is 14.2 Å². The maximum absolute atomic E-state index is 12.9. The molecule has 0 saturated carbocycles. The van der Waals surface area contributed by atoms with Crippen LogP contribution >= 0.6 is 0 Å². The molecule has 5 rings (SSSR count). The molecule has 1 unspecified atom stereocenters. The molecule has 4 heterocycles. The zero-order chi connectivity index (χ0) is 21.3. The molecule has 1 aromatic heterocycles. The van der Waals surface area contributed by atoms with E-state index in [1.54, 1.807) is 4.31 Å². The zero-order valence-electron chi connectivity index (χ0n) is 17.4. The van der Waals surface area contributed by atoms with Crippen LogP contribution < -0.4 is 9.64 Å². The van der Waals surface area contributed by atoms with Crippen molar-refractivity contribution in [2.24, 2.45) is 0 Å². The first kappa shape index (κ1) is 20.8. The fourth-order valence-corrected chi connectivity index (χ4v) is 5.75. The quantitative estimate of drug-likeness (QED) is 0.651. The molecule has 3 saturated heterocycles. The highest BCUT2D eigenvalue weighted by molar-refractivity contribution is 7.86. The van der Waals surface area contributed by atoms with Gasteiger partial charge in [-0.05, 0) is 18.2 Å². The van der Waals surface area contributed by atoms with Crippen LogP contribution in [0.25, 0.3) is 10.9 Å². The lowest BCUT2D eigenvalue weighted by molar-refractivity contribution is 0.0700. The highest BCUT2D eigenvalue weighted by Crippen LogP contribution is 2.29. The summed E-state index contributed by atoms with van der Waals surface area (Å²) in [6.07, 6.45) is 2.38. The van der Waals surface area contributed by atoms with Crippen molar-refractivity contribution in [1.82, 2.24) is 18.6 Å². The number of anilines is 1. The molecular weight excluding hydrogens is 422 g/mol. The van der Waals surface area contributed by atoms with Gasteiger partial charge in [-0.25, -0.2) is 9.97 Å². The van der Waals surface area contributed by atoms with E-state index in [-0.39, 0.29) is 6.10 Å². The van der Waals surface area contributed by atoms with Gasteiger partial charge in [-0.15, -0.1) is 0 Å².